The number of carbonyl (C=O) groups excluding carboxylic acids is 1. The minimum atomic E-state index is -0.816. The van der Waals surface area contributed by atoms with Crippen LogP contribution in [0.15, 0.2) is 78.2 Å². The molecule has 0 spiro atoms. The van der Waals surface area contributed by atoms with Crippen LogP contribution in [0.3, 0.4) is 0 Å². The summed E-state index contributed by atoms with van der Waals surface area (Å²) in [6, 6.07) is 18.2. The van der Waals surface area contributed by atoms with E-state index in [2.05, 4.69) is 35.4 Å². The molecule has 1 heterocycles. The fourth-order valence-electron chi connectivity index (χ4n) is 4.34. The second-order valence-electron chi connectivity index (χ2n) is 8.93. The first-order valence-electron chi connectivity index (χ1n) is 11.6. The van der Waals surface area contributed by atoms with E-state index < -0.39 is 5.54 Å². The molecule has 5 heteroatoms. The van der Waals surface area contributed by atoms with E-state index in [0.29, 0.717) is 25.0 Å². The Bertz CT molecular complexity index is 1180. The highest BCUT2D eigenvalue weighted by molar-refractivity contribution is 6.00. The maximum absolute atomic E-state index is 13.5. The number of aromatic nitrogens is 1. The highest BCUT2D eigenvalue weighted by atomic mass is 16.5. The van der Waals surface area contributed by atoms with Gasteiger partial charge < -0.3 is 20.1 Å². The molecule has 172 valence electrons. The lowest BCUT2D eigenvalue weighted by Gasteiger charge is -2.30. The van der Waals surface area contributed by atoms with Crippen molar-refractivity contribution < 1.29 is 14.6 Å². The van der Waals surface area contributed by atoms with Crippen molar-refractivity contribution in [2.24, 2.45) is 0 Å². The summed E-state index contributed by atoms with van der Waals surface area (Å²) in [6.07, 6.45) is 6.79. The molecule has 1 aromatic heterocycles. The van der Waals surface area contributed by atoms with E-state index in [1.54, 1.807) is 0 Å². The van der Waals surface area contributed by atoms with Gasteiger partial charge in [-0.15, -0.1) is 0 Å². The standard InChI is InChI=1S/C28H32N2O3/c1-3-15-33-26-14-13-21(20-9-5-4-6-10-20)16-24(26)27(32)30-28(2,19-31)17-22-18-29-25-12-8-7-11-23(22)25/h4-12,16,18,29,31H,3,13-15,17,19H2,1-2H3,(H,30,32)/t28-/m1/s1. The van der Waals surface area contributed by atoms with Crippen molar-refractivity contribution in [1.29, 1.82) is 0 Å². The van der Waals surface area contributed by atoms with Gasteiger partial charge in [-0.2, -0.15) is 0 Å². The molecule has 1 atom stereocenters. The van der Waals surface area contributed by atoms with E-state index in [1.165, 1.54) is 0 Å². The lowest BCUT2D eigenvalue weighted by atomic mass is 9.90. The van der Waals surface area contributed by atoms with Gasteiger partial charge in [0.15, 0.2) is 0 Å². The van der Waals surface area contributed by atoms with Crippen molar-refractivity contribution >= 4 is 22.4 Å². The van der Waals surface area contributed by atoms with Crippen LogP contribution in [0.5, 0.6) is 0 Å². The number of H-pyrrole nitrogens is 1. The number of hydrogen-bond donors (Lipinski definition) is 3. The van der Waals surface area contributed by atoms with Gasteiger partial charge in [-0.25, -0.2) is 0 Å². The van der Waals surface area contributed by atoms with E-state index >= 15 is 0 Å². The van der Waals surface area contributed by atoms with Crippen molar-refractivity contribution in [2.75, 3.05) is 13.2 Å². The number of carbonyl (C=O) groups is 1. The average molecular weight is 445 g/mol. The number of allylic oxidation sites excluding steroid dienone is 2. The number of aliphatic hydroxyl groups excluding tert-OH is 1. The van der Waals surface area contributed by atoms with Gasteiger partial charge in [0.1, 0.15) is 5.76 Å². The maximum Gasteiger partial charge on any atom is 0.255 e. The van der Waals surface area contributed by atoms with Crippen molar-refractivity contribution in [2.45, 2.75) is 45.1 Å². The Morgan fingerprint density at radius 3 is 2.64 bits per heavy atom. The summed E-state index contributed by atoms with van der Waals surface area (Å²) in [5.41, 5.74) is 4.06. The zero-order chi connectivity index (χ0) is 23.3. The zero-order valence-electron chi connectivity index (χ0n) is 19.4. The van der Waals surface area contributed by atoms with Crippen LogP contribution in [-0.4, -0.2) is 34.8 Å². The zero-order valence-corrected chi connectivity index (χ0v) is 19.4. The van der Waals surface area contributed by atoms with Crippen LogP contribution in [0, 0.1) is 0 Å². The van der Waals surface area contributed by atoms with Crippen LogP contribution >= 0.6 is 0 Å². The predicted octanol–water partition coefficient (Wildman–Crippen LogP) is 5.14. The third-order valence-corrected chi connectivity index (χ3v) is 6.13. The molecule has 0 bridgehead atoms. The summed E-state index contributed by atoms with van der Waals surface area (Å²) < 4.78 is 5.97. The number of hydrogen-bond acceptors (Lipinski definition) is 3. The molecule has 0 radical (unpaired) electrons. The number of amides is 1. The molecular formula is C28H32N2O3. The van der Waals surface area contributed by atoms with Gasteiger partial charge >= 0.3 is 0 Å². The first kappa shape index (κ1) is 22.9. The van der Waals surface area contributed by atoms with E-state index in [-0.39, 0.29) is 12.5 Å². The van der Waals surface area contributed by atoms with Gasteiger partial charge in [-0.3, -0.25) is 4.79 Å². The molecule has 33 heavy (non-hydrogen) atoms. The normalized spacial score (nSPS) is 15.8. The molecule has 0 fully saturated rings. The molecule has 2 aromatic carbocycles. The number of ether oxygens (including phenoxy) is 1. The highest BCUT2D eigenvalue weighted by Crippen LogP contribution is 2.32. The van der Waals surface area contributed by atoms with E-state index in [1.807, 2.05) is 55.6 Å². The van der Waals surface area contributed by atoms with Crippen molar-refractivity contribution in [3.63, 3.8) is 0 Å². The second-order valence-corrected chi connectivity index (χ2v) is 8.93. The summed E-state index contributed by atoms with van der Waals surface area (Å²) in [5, 5.41) is 14.5. The minimum absolute atomic E-state index is 0.175. The molecule has 4 rings (SSSR count). The Morgan fingerprint density at radius 2 is 1.88 bits per heavy atom. The molecule has 3 N–H and O–H groups in total. The number of aliphatic hydroxyl groups is 1. The molecule has 0 unspecified atom stereocenters. The number of fused-ring (bicyclic) bond motifs is 1. The molecule has 0 saturated carbocycles. The predicted molar refractivity (Wildman–Crippen MR) is 133 cm³/mol. The highest BCUT2D eigenvalue weighted by Gasteiger charge is 2.30. The molecular weight excluding hydrogens is 412 g/mol. The number of rotatable bonds is 9. The molecule has 1 aliphatic carbocycles. The Hall–Kier alpha value is -3.31. The van der Waals surface area contributed by atoms with Crippen LogP contribution in [-0.2, 0) is 16.0 Å². The Morgan fingerprint density at radius 1 is 1.12 bits per heavy atom. The van der Waals surface area contributed by atoms with Crippen molar-refractivity contribution in [1.82, 2.24) is 10.3 Å². The van der Waals surface area contributed by atoms with Crippen LogP contribution in [0.1, 0.15) is 44.2 Å². The van der Waals surface area contributed by atoms with Gasteiger partial charge in [0.2, 0.25) is 0 Å². The average Bonchev–Trinajstić information content (AvgIpc) is 3.25. The number of para-hydroxylation sites is 1. The fourth-order valence-corrected chi connectivity index (χ4v) is 4.34. The molecule has 0 saturated heterocycles. The Balaban J connectivity index is 1.61. The molecule has 1 aliphatic rings. The number of nitrogens with one attached hydrogen (secondary N) is 2. The monoisotopic (exact) mass is 444 g/mol. The summed E-state index contributed by atoms with van der Waals surface area (Å²) >= 11 is 0. The molecule has 0 aliphatic heterocycles. The van der Waals surface area contributed by atoms with Gasteiger partial charge in [0.25, 0.3) is 5.91 Å². The van der Waals surface area contributed by atoms with Crippen LogP contribution in [0.4, 0.5) is 0 Å². The van der Waals surface area contributed by atoms with Crippen LogP contribution < -0.4 is 5.32 Å². The minimum Gasteiger partial charge on any atom is -0.497 e. The largest absolute Gasteiger partial charge is 0.497 e. The van der Waals surface area contributed by atoms with Crippen molar-refractivity contribution in [3.8, 4) is 0 Å². The van der Waals surface area contributed by atoms with E-state index in [4.69, 9.17) is 4.74 Å². The van der Waals surface area contributed by atoms with Gasteiger partial charge in [0.05, 0.1) is 24.3 Å². The first-order chi connectivity index (χ1) is 16.0. The summed E-state index contributed by atoms with van der Waals surface area (Å²) in [4.78, 5) is 16.8. The lowest BCUT2D eigenvalue weighted by Crippen LogP contribution is -2.51. The van der Waals surface area contributed by atoms with Gasteiger partial charge in [-0.05, 0) is 55.0 Å². The Kier molecular flexibility index (Phi) is 6.99. The summed E-state index contributed by atoms with van der Waals surface area (Å²) in [5.74, 6) is 0.507. The molecule has 1 amide bonds. The summed E-state index contributed by atoms with van der Waals surface area (Å²) in [6.45, 7) is 4.34. The number of aromatic amines is 1. The van der Waals surface area contributed by atoms with Gasteiger partial charge in [-0.1, -0.05) is 55.5 Å². The quantitative estimate of drug-likeness (QED) is 0.428. The third-order valence-electron chi connectivity index (χ3n) is 6.13. The maximum atomic E-state index is 13.5. The smallest absolute Gasteiger partial charge is 0.255 e. The topological polar surface area (TPSA) is 74.3 Å². The number of benzene rings is 2. The summed E-state index contributed by atoms with van der Waals surface area (Å²) in [7, 11) is 0. The Labute approximate surface area is 195 Å². The third kappa shape index (κ3) is 5.20. The molecule has 3 aromatic rings. The van der Waals surface area contributed by atoms with E-state index in [0.717, 1.165) is 46.2 Å². The van der Waals surface area contributed by atoms with Crippen LogP contribution in [0.2, 0.25) is 0 Å². The lowest BCUT2D eigenvalue weighted by molar-refractivity contribution is -0.119. The SMILES string of the molecule is CCCOC1=C(C(=O)N[C@@](C)(CO)Cc2c[nH]c3ccccc23)C=C(c2ccccc2)CC1. The fraction of sp³-hybridized carbons (Fsp3) is 0.321. The molecule has 5 nitrogen and oxygen atoms in total. The van der Waals surface area contributed by atoms with Gasteiger partial charge in [0, 0.05) is 23.5 Å². The van der Waals surface area contributed by atoms with Crippen LogP contribution in [0.25, 0.3) is 16.5 Å². The van der Waals surface area contributed by atoms with E-state index in [9.17, 15) is 9.90 Å². The first-order valence-corrected chi connectivity index (χ1v) is 11.6. The second kappa shape index (κ2) is 10.1. The van der Waals surface area contributed by atoms with Crippen molar-refractivity contribution in [3.05, 3.63) is 89.3 Å².